The standard InChI is InChI=1S/C21H18FNO2/c22-16-8-5-14(6-9-16)4-7-15-11-17-13-21(18(15)12-20(24)25-21)19-3-1-2-10-23(17)19/h5-6,8-9,11-12,17,19H,1-3,10,13H2/t17-,19-,21+/m1/s1. The third-order valence-corrected chi connectivity index (χ3v) is 5.86. The number of benzene rings is 1. The maximum atomic E-state index is 13.1. The first-order valence-corrected chi connectivity index (χ1v) is 8.86. The van der Waals surface area contributed by atoms with Gasteiger partial charge in [0.15, 0.2) is 5.60 Å². The third-order valence-electron chi connectivity index (χ3n) is 5.86. The zero-order chi connectivity index (χ0) is 17.0. The summed E-state index contributed by atoms with van der Waals surface area (Å²) in [4.78, 5) is 14.6. The molecule has 0 saturated carbocycles. The molecule has 25 heavy (non-hydrogen) atoms. The lowest BCUT2D eigenvalue weighted by Crippen LogP contribution is -2.48. The van der Waals surface area contributed by atoms with Gasteiger partial charge in [-0.25, -0.2) is 9.18 Å². The number of nitrogens with zero attached hydrogens (tertiary/aromatic N) is 1. The summed E-state index contributed by atoms with van der Waals surface area (Å²) in [6.07, 6.45) is 8.09. The molecule has 0 N–H and O–H groups in total. The molecular weight excluding hydrogens is 317 g/mol. The maximum absolute atomic E-state index is 13.1. The molecule has 4 aliphatic rings. The summed E-state index contributed by atoms with van der Waals surface area (Å²) in [6.45, 7) is 1.05. The zero-order valence-corrected chi connectivity index (χ0v) is 13.8. The molecule has 5 rings (SSSR count). The Balaban J connectivity index is 1.56. The van der Waals surface area contributed by atoms with Gasteiger partial charge in [-0.3, -0.25) is 4.90 Å². The first-order chi connectivity index (χ1) is 12.2. The van der Waals surface area contributed by atoms with Gasteiger partial charge in [-0.15, -0.1) is 0 Å². The average molecular weight is 335 g/mol. The van der Waals surface area contributed by atoms with Crippen molar-refractivity contribution in [3.8, 4) is 11.8 Å². The Kier molecular flexibility index (Phi) is 3.17. The SMILES string of the molecule is O=C1C=C2C(C#Cc3ccc(F)cc3)=C[C@@H]3C[C@@]2(O1)[C@H]1CCCCN31. The Morgan fingerprint density at radius 2 is 2.04 bits per heavy atom. The summed E-state index contributed by atoms with van der Waals surface area (Å²) in [5.41, 5.74) is 2.08. The molecule has 0 unspecified atom stereocenters. The van der Waals surface area contributed by atoms with Crippen LogP contribution in [0.1, 0.15) is 31.2 Å². The predicted molar refractivity (Wildman–Crippen MR) is 91.0 cm³/mol. The van der Waals surface area contributed by atoms with Crippen LogP contribution in [0.5, 0.6) is 0 Å². The van der Waals surface area contributed by atoms with Crippen molar-refractivity contribution >= 4 is 5.97 Å². The number of ether oxygens (including phenoxy) is 1. The molecule has 0 radical (unpaired) electrons. The smallest absolute Gasteiger partial charge is 0.332 e. The van der Waals surface area contributed by atoms with E-state index in [9.17, 15) is 9.18 Å². The summed E-state index contributed by atoms with van der Waals surface area (Å²) in [5, 5.41) is 0. The quantitative estimate of drug-likeness (QED) is 0.539. The summed E-state index contributed by atoms with van der Waals surface area (Å²) in [6, 6.07) is 6.71. The molecule has 3 aliphatic heterocycles. The van der Waals surface area contributed by atoms with Crippen LogP contribution in [0.3, 0.4) is 0 Å². The average Bonchev–Trinajstić information content (AvgIpc) is 3.10. The molecule has 0 amide bonds. The van der Waals surface area contributed by atoms with Crippen molar-refractivity contribution in [2.45, 2.75) is 43.4 Å². The minimum Gasteiger partial charge on any atom is -0.449 e. The monoisotopic (exact) mass is 335 g/mol. The lowest BCUT2D eigenvalue weighted by Gasteiger charge is -2.38. The van der Waals surface area contributed by atoms with Gasteiger partial charge < -0.3 is 4.74 Å². The van der Waals surface area contributed by atoms with Crippen LogP contribution >= 0.6 is 0 Å². The number of hydrogen-bond donors (Lipinski definition) is 0. The highest BCUT2D eigenvalue weighted by atomic mass is 19.1. The van der Waals surface area contributed by atoms with E-state index < -0.39 is 5.60 Å². The number of hydrogen-bond acceptors (Lipinski definition) is 3. The van der Waals surface area contributed by atoms with Crippen LogP contribution in [0.4, 0.5) is 4.39 Å². The van der Waals surface area contributed by atoms with E-state index in [4.69, 9.17) is 4.74 Å². The Morgan fingerprint density at radius 1 is 1.20 bits per heavy atom. The van der Waals surface area contributed by atoms with Gasteiger partial charge in [-0.05, 0) is 43.7 Å². The Morgan fingerprint density at radius 3 is 2.88 bits per heavy atom. The van der Waals surface area contributed by atoms with Gasteiger partial charge in [0, 0.05) is 35.2 Å². The lowest BCUT2D eigenvalue weighted by atomic mass is 9.77. The molecule has 1 aromatic rings. The third kappa shape index (κ3) is 2.19. The predicted octanol–water partition coefficient (Wildman–Crippen LogP) is 2.97. The van der Waals surface area contributed by atoms with Crippen molar-refractivity contribution < 1.29 is 13.9 Å². The molecular formula is C21H18FNO2. The molecule has 4 heteroatoms. The number of carbonyl (C=O) groups is 1. The molecule has 1 aliphatic carbocycles. The van der Waals surface area contributed by atoms with E-state index in [1.54, 1.807) is 18.2 Å². The van der Waals surface area contributed by atoms with Crippen LogP contribution in [0.25, 0.3) is 0 Å². The normalized spacial score (nSPS) is 32.8. The molecule has 3 heterocycles. The lowest BCUT2D eigenvalue weighted by molar-refractivity contribution is -0.148. The van der Waals surface area contributed by atoms with E-state index in [0.29, 0.717) is 0 Å². The molecule has 3 atom stereocenters. The number of esters is 1. The van der Waals surface area contributed by atoms with Crippen LogP contribution in [-0.2, 0) is 9.53 Å². The van der Waals surface area contributed by atoms with E-state index in [1.165, 1.54) is 25.0 Å². The van der Waals surface area contributed by atoms with E-state index >= 15 is 0 Å². The van der Waals surface area contributed by atoms with Crippen LogP contribution in [-0.4, -0.2) is 35.1 Å². The van der Waals surface area contributed by atoms with Crippen molar-refractivity contribution in [3.63, 3.8) is 0 Å². The van der Waals surface area contributed by atoms with Gasteiger partial charge in [0.1, 0.15) is 5.82 Å². The second-order valence-corrected chi connectivity index (χ2v) is 7.23. The van der Waals surface area contributed by atoms with Gasteiger partial charge >= 0.3 is 5.97 Å². The Bertz CT molecular complexity index is 873. The van der Waals surface area contributed by atoms with Gasteiger partial charge in [-0.2, -0.15) is 0 Å². The van der Waals surface area contributed by atoms with Gasteiger partial charge in [0.2, 0.25) is 0 Å². The fourth-order valence-electron chi connectivity index (χ4n) is 4.84. The Hall–Kier alpha value is -2.38. The number of piperidine rings is 1. The Labute approximate surface area is 146 Å². The number of halogens is 1. The highest BCUT2D eigenvalue weighted by molar-refractivity contribution is 5.90. The van der Waals surface area contributed by atoms with Crippen molar-refractivity contribution in [2.75, 3.05) is 6.54 Å². The molecule has 0 aromatic heterocycles. The second-order valence-electron chi connectivity index (χ2n) is 7.23. The molecule has 1 aromatic carbocycles. The van der Waals surface area contributed by atoms with Crippen LogP contribution in [0, 0.1) is 17.7 Å². The topological polar surface area (TPSA) is 29.5 Å². The molecule has 2 bridgehead atoms. The summed E-state index contributed by atoms with van der Waals surface area (Å²) >= 11 is 0. The van der Waals surface area contributed by atoms with Crippen LogP contribution in [0.2, 0.25) is 0 Å². The summed E-state index contributed by atoms with van der Waals surface area (Å²) < 4.78 is 18.9. The van der Waals surface area contributed by atoms with Crippen molar-refractivity contribution in [1.82, 2.24) is 4.90 Å². The van der Waals surface area contributed by atoms with Crippen LogP contribution in [0.15, 0.2) is 47.6 Å². The van der Waals surface area contributed by atoms with E-state index in [2.05, 4.69) is 22.8 Å². The van der Waals surface area contributed by atoms with Gasteiger partial charge in [0.05, 0.1) is 6.04 Å². The fraction of sp³-hybridized carbons (Fsp3) is 0.381. The van der Waals surface area contributed by atoms with Gasteiger partial charge in [0.25, 0.3) is 0 Å². The molecule has 3 nitrogen and oxygen atoms in total. The first-order valence-electron chi connectivity index (χ1n) is 8.86. The fourth-order valence-corrected chi connectivity index (χ4v) is 4.84. The van der Waals surface area contributed by atoms with E-state index in [0.717, 1.165) is 36.1 Å². The minimum atomic E-state index is -0.510. The second kappa shape index (κ2) is 5.31. The van der Waals surface area contributed by atoms with E-state index in [-0.39, 0.29) is 23.9 Å². The van der Waals surface area contributed by atoms with Crippen LogP contribution < -0.4 is 0 Å². The van der Waals surface area contributed by atoms with Gasteiger partial charge in [-0.1, -0.05) is 24.3 Å². The zero-order valence-electron chi connectivity index (χ0n) is 13.8. The highest BCUT2D eigenvalue weighted by Gasteiger charge is 2.61. The molecule has 2 fully saturated rings. The minimum absolute atomic E-state index is 0.252. The highest BCUT2D eigenvalue weighted by Crippen LogP contribution is 2.53. The summed E-state index contributed by atoms with van der Waals surface area (Å²) in [7, 11) is 0. The molecule has 2 saturated heterocycles. The number of carbonyl (C=O) groups excluding carboxylic acids is 1. The molecule has 1 spiro atoms. The van der Waals surface area contributed by atoms with Crippen molar-refractivity contribution in [2.24, 2.45) is 0 Å². The van der Waals surface area contributed by atoms with E-state index in [1.807, 2.05) is 0 Å². The van der Waals surface area contributed by atoms with Crippen molar-refractivity contribution in [3.05, 3.63) is 58.9 Å². The summed E-state index contributed by atoms with van der Waals surface area (Å²) in [5.74, 6) is 5.80. The maximum Gasteiger partial charge on any atom is 0.332 e. The van der Waals surface area contributed by atoms with Crippen molar-refractivity contribution in [1.29, 1.82) is 0 Å². The number of rotatable bonds is 0. The molecule has 126 valence electrons. The first kappa shape index (κ1) is 14.9. The largest absolute Gasteiger partial charge is 0.449 e. The number of fused-ring (bicyclic) bond motifs is 3.